The predicted molar refractivity (Wildman–Crippen MR) is 91.6 cm³/mol. The first-order valence-electron chi connectivity index (χ1n) is 7.96. The monoisotopic (exact) mass is 372 g/mol. The molecule has 2 heterocycles. The largest absolute Gasteiger partial charge is 0.482 e. The number of fused-ring (bicyclic) bond motifs is 1. The van der Waals surface area contributed by atoms with Crippen molar-refractivity contribution in [2.45, 2.75) is 0 Å². The molecule has 140 valence electrons. The molecule has 0 radical (unpaired) electrons. The van der Waals surface area contributed by atoms with Gasteiger partial charge in [-0.3, -0.25) is 34.9 Å². The zero-order chi connectivity index (χ0) is 19.2. The molecule has 4 amide bonds. The molecule has 0 unspecified atom stereocenters. The Morgan fingerprint density at radius 1 is 1.04 bits per heavy atom. The number of hydrogen-bond donors (Lipinski definition) is 3. The van der Waals surface area contributed by atoms with Crippen LogP contribution in [0.2, 0.25) is 0 Å². The lowest BCUT2D eigenvalue weighted by atomic mass is 10.2. The van der Waals surface area contributed by atoms with Crippen LogP contribution in [0.4, 0.5) is 5.69 Å². The Morgan fingerprint density at radius 3 is 2.59 bits per heavy atom. The minimum atomic E-state index is -0.642. The van der Waals surface area contributed by atoms with Crippen LogP contribution in [-0.2, 0) is 14.4 Å². The maximum Gasteiger partial charge on any atom is 0.287 e. The molecule has 0 aliphatic carbocycles. The summed E-state index contributed by atoms with van der Waals surface area (Å²) in [6.45, 7) is -0.827. The van der Waals surface area contributed by atoms with Crippen molar-refractivity contribution in [3.63, 3.8) is 0 Å². The third-order valence-electron chi connectivity index (χ3n) is 3.61. The number of amides is 4. The summed E-state index contributed by atoms with van der Waals surface area (Å²) in [5, 5.41) is 2.33. The third kappa shape index (κ3) is 4.42. The van der Waals surface area contributed by atoms with Crippen LogP contribution in [0.1, 0.15) is 10.6 Å². The highest BCUT2D eigenvalue weighted by Crippen LogP contribution is 2.30. The molecule has 0 saturated carbocycles. The SMILES string of the molecule is O=C(CNC(=O)c1ccco1)NNC(=O)CN1C(=O)COc2ccccc21. The number of hydrogen-bond acceptors (Lipinski definition) is 6. The molecular weight excluding hydrogens is 356 g/mol. The summed E-state index contributed by atoms with van der Waals surface area (Å²) in [6, 6.07) is 9.81. The second-order valence-electron chi connectivity index (χ2n) is 5.49. The molecule has 0 fully saturated rings. The van der Waals surface area contributed by atoms with Crippen molar-refractivity contribution in [1.29, 1.82) is 0 Å². The van der Waals surface area contributed by atoms with Crippen LogP contribution in [0.15, 0.2) is 47.1 Å². The van der Waals surface area contributed by atoms with Crippen molar-refractivity contribution in [1.82, 2.24) is 16.2 Å². The molecule has 10 nitrogen and oxygen atoms in total. The summed E-state index contributed by atoms with van der Waals surface area (Å²) in [4.78, 5) is 48.6. The van der Waals surface area contributed by atoms with Gasteiger partial charge in [0.25, 0.3) is 23.6 Å². The second kappa shape index (κ2) is 8.04. The van der Waals surface area contributed by atoms with Gasteiger partial charge in [-0.1, -0.05) is 12.1 Å². The quantitative estimate of drug-likeness (QED) is 0.612. The van der Waals surface area contributed by atoms with E-state index in [-0.39, 0.29) is 31.4 Å². The van der Waals surface area contributed by atoms with Gasteiger partial charge in [0.1, 0.15) is 12.3 Å². The van der Waals surface area contributed by atoms with Gasteiger partial charge in [-0.2, -0.15) is 0 Å². The van der Waals surface area contributed by atoms with E-state index in [1.54, 1.807) is 30.3 Å². The Balaban J connectivity index is 1.46. The number of furan rings is 1. The average molecular weight is 372 g/mol. The average Bonchev–Trinajstić information content (AvgIpc) is 3.21. The number of carbonyl (C=O) groups is 4. The van der Waals surface area contributed by atoms with Crippen molar-refractivity contribution in [2.24, 2.45) is 0 Å². The minimum absolute atomic E-state index is 0.0660. The smallest absolute Gasteiger partial charge is 0.287 e. The molecule has 0 saturated heterocycles. The number of hydrazine groups is 1. The third-order valence-corrected chi connectivity index (χ3v) is 3.61. The molecule has 3 N–H and O–H groups in total. The lowest BCUT2D eigenvalue weighted by Crippen LogP contribution is -2.51. The Bertz CT molecular complexity index is 864. The molecule has 1 aromatic heterocycles. The summed E-state index contributed by atoms with van der Waals surface area (Å²) in [7, 11) is 0. The van der Waals surface area contributed by atoms with Gasteiger partial charge in [0, 0.05) is 0 Å². The summed E-state index contributed by atoms with van der Waals surface area (Å²) in [5.41, 5.74) is 4.82. The number of nitrogens with one attached hydrogen (secondary N) is 3. The van der Waals surface area contributed by atoms with E-state index in [1.165, 1.54) is 17.2 Å². The van der Waals surface area contributed by atoms with Gasteiger partial charge in [-0.15, -0.1) is 0 Å². The van der Waals surface area contributed by atoms with Gasteiger partial charge in [0.15, 0.2) is 12.4 Å². The number of anilines is 1. The molecule has 1 aliphatic rings. The van der Waals surface area contributed by atoms with Gasteiger partial charge in [-0.25, -0.2) is 0 Å². The standard InChI is InChI=1S/C17H16N4O6/c22-14(8-18-17(25)13-6-3-7-26-13)19-20-15(23)9-21-11-4-1-2-5-12(11)27-10-16(21)24/h1-7H,8-10H2,(H,18,25)(H,19,22)(H,20,23). The van der Waals surface area contributed by atoms with Crippen LogP contribution in [0.3, 0.4) is 0 Å². The first-order chi connectivity index (χ1) is 13.0. The molecule has 0 atom stereocenters. The van der Waals surface area contributed by atoms with E-state index in [4.69, 9.17) is 9.15 Å². The van der Waals surface area contributed by atoms with Crippen molar-refractivity contribution in [2.75, 3.05) is 24.6 Å². The van der Waals surface area contributed by atoms with Crippen LogP contribution >= 0.6 is 0 Å². The number of carbonyl (C=O) groups excluding carboxylic acids is 4. The molecule has 2 aromatic rings. The maximum atomic E-state index is 12.0. The lowest BCUT2D eigenvalue weighted by Gasteiger charge is -2.28. The molecule has 1 aromatic carbocycles. The van der Waals surface area contributed by atoms with E-state index < -0.39 is 17.7 Å². The number of ether oxygens (including phenoxy) is 1. The second-order valence-corrected chi connectivity index (χ2v) is 5.49. The molecule has 0 bridgehead atoms. The Morgan fingerprint density at radius 2 is 1.81 bits per heavy atom. The highest BCUT2D eigenvalue weighted by molar-refractivity contribution is 6.02. The first-order valence-corrected chi connectivity index (χ1v) is 7.96. The zero-order valence-electron chi connectivity index (χ0n) is 14.1. The van der Waals surface area contributed by atoms with Gasteiger partial charge in [0.2, 0.25) is 0 Å². The minimum Gasteiger partial charge on any atom is -0.482 e. The van der Waals surface area contributed by atoms with Crippen LogP contribution < -0.4 is 25.8 Å². The molecule has 27 heavy (non-hydrogen) atoms. The van der Waals surface area contributed by atoms with Gasteiger partial charge >= 0.3 is 0 Å². The molecule has 3 rings (SSSR count). The van der Waals surface area contributed by atoms with Gasteiger partial charge in [0.05, 0.1) is 18.5 Å². The van der Waals surface area contributed by atoms with E-state index in [0.29, 0.717) is 11.4 Å². The summed E-state index contributed by atoms with van der Waals surface area (Å²) < 4.78 is 10.2. The fourth-order valence-electron chi connectivity index (χ4n) is 2.35. The first kappa shape index (κ1) is 18.0. The van der Waals surface area contributed by atoms with Gasteiger partial charge in [-0.05, 0) is 24.3 Å². The number of para-hydroxylation sites is 2. The van der Waals surface area contributed by atoms with Crippen molar-refractivity contribution in [3.8, 4) is 5.75 Å². The van der Waals surface area contributed by atoms with Crippen LogP contribution in [0.5, 0.6) is 5.75 Å². The highest BCUT2D eigenvalue weighted by Gasteiger charge is 2.27. The summed E-state index contributed by atoms with van der Waals surface area (Å²) in [5.74, 6) is -1.62. The van der Waals surface area contributed by atoms with E-state index in [9.17, 15) is 19.2 Å². The lowest BCUT2D eigenvalue weighted by molar-refractivity contribution is -0.128. The summed E-state index contributed by atoms with van der Waals surface area (Å²) >= 11 is 0. The topological polar surface area (TPSA) is 130 Å². The van der Waals surface area contributed by atoms with E-state index in [2.05, 4.69) is 16.2 Å². The highest BCUT2D eigenvalue weighted by atomic mass is 16.5. The van der Waals surface area contributed by atoms with Gasteiger partial charge < -0.3 is 14.5 Å². The molecule has 0 spiro atoms. The van der Waals surface area contributed by atoms with Crippen molar-refractivity contribution < 1.29 is 28.3 Å². The fourth-order valence-corrected chi connectivity index (χ4v) is 2.35. The molecular formula is C17H16N4O6. The van der Waals surface area contributed by atoms with E-state index in [0.717, 1.165) is 0 Å². The summed E-state index contributed by atoms with van der Waals surface area (Å²) in [6.07, 6.45) is 1.33. The van der Waals surface area contributed by atoms with Crippen molar-refractivity contribution in [3.05, 3.63) is 48.4 Å². The van der Waals surface area contributed by atoms with Crippen LogP contribution in [0.25, 0.3) is 0 Å². The number of nitrogens with zero attached hydrogens (tertiary/aromatic N) is 1. The molecule has 1 aliphatic heterocycles. The number of rotatable bonds is 5. The normalized spacial score (nSPS) is 12.6. The van der Waals surface area contributed by atoms with E-state index >= 15 is 0 Å². The Hall–Kier alpha value is -3.82. The maximum absolute atomic E-state index is 12.0. The Kier molecular flexibility index (Phi) is 5.36. The number of benzene rings is 1. The van der Waals surface area contributed by atoms with Crippen molar-refractivity contribution >= 4 is 29.3 Å². The zero-order valence-corrected chi connectivity index (χ0v) is 14.1. The predicted octanol–water partition coefficient (Wildman–Crippen LogP) is -0.418. The van der Waals surface area contributed by atoms with E-state index in [1.807, 2.05) is 0 Å². The Labute approximate surface area is 153 Å². The fraction of sp³-hybridized carbons (Fsp3) is 0.176. The van der Waals surface area contributed by atoms with Crippen LogP contribution in [0, 0.1) is 0 Å². The van der Waals surface area contributed by atoms with Crippen LogP contribution in [-0.4, -0.2) is 43.3 Å². The molecule has 10 heteroatoms.